The largest absolute Gasteiger partial charge is 0.444 e. The van der Waals surface area contributed by atoms with Crippen LogP contribution in [0.5, 0.6) is 0 Å². The van der Waals surface area contributed by atoms with Gasteiger partial charge < -0.3 is 15.0 Å². The number of likely N-dealkylation sites (tertiary alicyclic amines) is 1. The van der Waals surface area contributed by atoms with E-state index in [0.29, 0.717) is 26.2 Å². The van der Waals surface area contributed by atoms with Crippen molar-refractivity contribution in [1.82, 2.24) is 15.1 Å². The van der Waals surface area contributed by atoms with Crippen LogP contribution in [-0.4, -0.2) is 65.4 Å². The van der Waals surface area contributed by atoms with E-state index in [2.05, 4.69) is 5.32 Å². The predicted molar refractivity (Wildman–Crippen MR) is 110 cm³/mol. The van der Waals surface area contributed by atoms with Crippen molar-refractivity contribution in [3.05, 3.63) is 12.2 Å². The molecule has 3 aliphatic rings. The van der Waals surface area contributed by atoms with Crippen molar-refractivity contribution in [3.8, 4) is 0 Å². The number of carbonyl (C=O) groups is 4. The lowest BCUT2D eigenvalue weighted by atomic mass is 9.81. The zero-order valence-electron chi connectivity index (χ0n) is 18.2. The molecule has 1 N–H and O–H groups in total. The van der Waals surface area contributed by atoms with Crippen molar-refractivity contribution in [1.29, 1.82) is 0 Å². The monoisotopic (exact) mass is 419 g/mol. The molecule has 0 spiro atoms. The number of nitrogens with one attached hydrogen (secondary N) is 1. The summed E-state index contributed by atoms with van der Waals surface area (Å²) in [5, 5.41) is 3.06. The summed E-state index contributed by atoms with van der Waals surface area (Å²) in [7, 11) is 0. The number of rotatable bonds is 5. The summed E-state index contributed by atoms with van der Waals surface area (Å²) in [5.41, 5.74) is -0.506. The fourth-order valence-electron chi connectivity index (χ4n) is 4.36. The summed E-state index contributed by atoms with van der Waals surface area (Å²) in [6.07, 6.45) is 6.42. The van der Waals surface area contributed by atoms with Crippen molar-refractivity contribution < 1.29 is 23.9 Å². The first kappa shape index (κ1) is 22.3. The van der Waals surface area contributed by atoms with E-state index in [1.54, 1.807) is 4.90 Å². The van der Waals surface area contributed by atoms with Gasteiger partial charge in [-0.15, -0.1) is 0 Å². The maximum absolute atomic E-state index is 12.6. The van der Waals surface area contributed by atoms with Crippen LogP contribution in [0, 0.1) is 17.8 Å². The topological polar surface area (TPSA) is 96.0 Å². The second-order valence-corrected chi connectivity index (χ2v) is 9.66. The molecule has 4 amide bonds. The van der Waals surface area contributed by atoms with Crippen molar-refractivity contribution in [2.45, 2.75) is 58.5 Å². The van der Waals surface area contributed by atoms with E-state index in [-0.39, 0.29) is 41.6 Å². The Kier molecular flexibility index (Phi) is 6.83. The van der Waals surface area contributed by atoms with Gasteiger partial charge in [-0.05, 0) is 64.7 Å². The highest BCUT2D eigenvalue weighted by Gasteiger charge is 2.33. The number of imide groups is 1. The average Bonchev–Trinajstić information content (AvgIpc) is 3.28. The van der Waals surface area contributed by atoms with E-state index in [9.17, 15) is 19.2 Å². The molecule has 1 saturated carbocycles. The SMILES string of the molecule is CC(C)(C)OC(=O)N1CC[C@@H](CNC(=O)C2CCC(CN3C(=O)C=CC3=O)CC2)C1. The van der Waals surface area contributed by atoms with E-state index in [1.807, 2.05) is 20.8 Å². The third-order valence-electron chi connectivity index (χ3n) is 6.06. The molecule has 2 fully saturated rings. The zero-order valence-corrected chi connectivity index (χ0v) is 18.2. The summed E-state index contributed by atoms with van der Waals surface area (Å²) in [6, 6.07) is 0. The highest BCUT2D eigenvalue weighted by molar-refractivity contribution is 6.12. The average molecular weight is 420 g/mol. The van der Waals surface area contributed by atoms with E-state index in [1.165, 1.54) is 17.1 Å². The van der Waals surface area contributed by atoms with Gasteiger partial charge in [0.2, 0.25) is 5.91 Å². The van der Waals surface area contributed by atoms with E-state index < -0.39 is 5.60 Å². The number of ether oxygens (including phenoxy) is 1. The Balaban J connectivity index is 1.35. The molecule has 166 valence electrons. The third-order valence-corrected chi connectivity index (χ3v) is 6.06. The van der Waals surface area contributed by atoms with Crippen molar-refractivity contribution in [2.75, 3.05) is 26.2 Å². The van der Waals surface area contributed by atoms with Crippen LogP contribution < -0.4 is 5.32 Å². The molecule has 2 heterocycles. The number of hydrogen-bond donors (Lipinski definition) is 1. The Hall–Kier alpha value is -2.38. The molecule has 1 atom stereocenters. The second-order valence-electron chi connectivity index (χ2n) is 9.66. The molecule has 2 aliphatic heterocycles. The molecule has 0 radical (unpaired) electrons. The standard InChI is InChI=1S/C22H33N3O5/c1-22(2,3)30-21(29)24-11-10-16(13-24)12-23-20(28)17-6-4-15(5-7-17)14-25-18(26)8-9-19(25)27/h8-9,15-17H,4-7,10-14H2,1-3H3,(H,23,28)/t15?,16-,17?/m0/s1. The number of nitrogens with zero attached hydrogens (tertiary/aromatic N) is 2. The van der Waals surface area contributed by atoms with Gasteiger partial charge in [-0.3, -0.25) is 19.3 Å². The fourth-order valence-corrected chi connectivity index (χ4v) is 4.36. The van der Waals surface area contributed by atoms with Crippen LogP contribution in [0.15, 0.2) is 12.2 Å². The molecule has 0 aromatic carbocycles. The molecule has 1 aliphatic carbocycles. The fraction of sp³-hybridized carbons (Fsp3) is 0.727. The minimum atomic E-state index is -0.506. The van der Waals surface area contributed by atoms with Crippen molar-refractivity contribution in [2.24, 2.45) is 17.8 Å². The Morgan fingerprint density at radius 3 is 2.27 bits per heavy atom. The minimum Gasteiger partial charge on any atom is -0.444 e. The van der Waals surface area contributed by atoms with Crippen LogP contribution in [0.4, 0.5) is 4.79 Å². The van der Waals surface area contributed by atoms with E-state index >= 15 is 0 Å². The summed E-state index contributed by atoms with van der Waals surface area (Å²) < 4.78 is 5.41. The Morgan fingerprint density at radius 1 is 1.03 bits per heavy atom. The first-order chi connectivity index (χ1) is 14.1. The molecule has 0 aromatic rings. The van der Waals surface area contributed by atoms with Gasteiger partial charge in [-0.1, -0.05) is 0 Å². The molecule has 0 bridgehead atoms. The molecule has 0 aromatic heterocycles. The third kappa shape index (κ3) is 5.83. The lowest BCUT2D eigenvalue weighted by Gasteiger charge is -2.30. The molecule has 3 rings (SSSR count). The number of carbonyl (C=O) groups excluding carboxylic acids is 4. The smallest absolute Gasteiger partial charge is 0.410 e. The van der Waals surface area contributed by atoms with Gasteiger partial charge in [0.1, 0.15) is 5.60 Å². The van der Waals surface area contributed by atoms with Gasteiger partial charge in [0.05, 0.1) is 0 Å². The quantitative estimate of drug-likeness (QED) is 0.689. The highest BCUT2D eigenvalue weighted by Crippen LogP contribution is 2.30. The number of hydrogen-bond acceptors (Lipinski definition) is 5. The first-order valence-electron chi connectivity index (χ1n) is 10.9. The van der Waals surface area contributed by atoms with E-state index in [0.717, 1.165) is 32.1 Å². The van der Waals surface area contributed by atoms with Crippen LogP contribution in [-0.2, 0) is 19.1 Å². The maximum Gasteiger partial charge on any atom is 0.410 e. The van der Waals surface area contributed by atoms with Crippen LogP contribution in [0.1, 0.15) is 52.9 Å². The van der Waals surface area contributed by atoms with Gasteiger partial charge >= 0.3 is 6.09 Å². The van der Waals surface area contributed by atoms with Gasteiger partial charge in [-0.25, -0.2) is 4.79 Å². The highest BCUT2D eigenvalue weighted by atomic mass is 16.6. The van der Waals surface area contributed by atoms with Crippen LogP contribution in [0.25, 0.3) is 0 Å². The van der Waals surface area contributed by atoms with Gasteiger partial charge in [0.25, 0.3) is 11.8 Å². The summed E-state index contributed by atoms with van der Waals surface area (Å²) in [4.78, 5) is 51.1. The maximum atomic E-state index is 12.6. The molecule has 0 unspecified atom stereocenters. The lowest BCUT2D eigenvalue weighted by molar-refractivity contribution is -0.138. The molecule has 8 nitrogen and oxygen atoms in total. The van der Waals surface area contributed by atoms with Gasteiger partial charge in [0, 0.05) is 44.2 Å². The van der Waals surface area contributed by atoms with Crippen LogP contribution in [0.2, 0.25) is 0 Å². The second kappa shape index (κ2) is 9.18. The molecular weight excluding hydrogens is 386 g/mol. The summed E-state index contributed by atoms with van der Waals surface area (Å²) >= 11 is 0. The molecule has 8 heteroatoms. The Bertz CT molecular complexity index is 701. The Labute approximate surface area is 178 Å². The molecular formula is C22H33N3O5. The van der Waals surface area contributed by atoms with Crippen molar-refractivity contribution in [3.63, 3.8) is 0 Å². The molecule has 30 heavy (non-hydrogen) atoms. The van der Waals surface area contributed by atoms with E-state index in [4.69, 9.17) is 4.74 Å². The summed E-state index contributed by atoms with van der Waals surface area (Å²) in [5.74, 6) is 0.0807. The van der Waals surface area contributed by atoms with Crippen LogP contribution in [0.3, 0.4) is 0 Å². The van der Waals surface area contributed by atoms with Crippen LogP contribution >= 0.6 is 0 Å². The van der Waals surface area contributed by atoms with Gasteiger partial charge in [-0.2, -0.15) is 0 Å². The minimum absolute atomic E-state index is 0.0206. The zero-order chi connectivity index (χ0) is 21.9. The lowest BCUT2D eigenvalue weighted by Crippen LogP contribution is -2.40. The first-order valence-corrected chi connectivity index (χ1v) is 10.9. The van der Waals surface area contributed by atoms with Gasteiger partial charge in [0.15, 0.2) is 0 Å². The van der Waals surface area contributed by atoms with Crippen molar-refractivity contribution >= 4 is 23.8 Å². The number of amides is 4. The normalized spacial score (nSPS) is 27.0. The predicted octanol–water partition coefficient (Wildman–Crippen LogP) is 2.09. The molecule has 1 saturated heterocycles. The summed E-state index contributed by atoms with van der Waals surface area (Å²) in [6.45, 7) is 7.83. The Morgan fingerprint density at radius 2 is 1.67 bits per heavy atom.